The van der Waals surface area contributed by atoms with Crippen LogP contribution >= 0.6 is 0 Å². The molecule has 10 nitrogen and oxygen atoms in total. The molecule has 5 rings (SSSR count). The molecule has 2 N–H and O–H groups in total. The molecular weight excluding hydrogens is 508 g/mol. The first-order chi connectivity index (χ1) is 19.5. The van der Waals surface area contributed by atoms with Crippen LogP contribution in [-0.4, -0.2) is 57.9 Å². The summed E-state index contributed by atoms with van der Waals surface area (Å²) in [5.41, 5.74) is 4.93. The van der Waals surface area contributed by atoms with Gasteiger partial charge in [0.05, 0.1) is 31.8 Å². The zero-order valence-corrected chi connectivity index (χ0v) is 23.7. The molecule has 2 aliphatic rings. The minimum Gasteiger partial charge on any atom is -0.494 e. The number of H-pyrrole nitrogens is 1. The molecule has 214 valence electrons. The number of carbonyl (C=O) groups is 1. The van der Waals surface area contributed by atoms with Crippen LogP contribution in [0.25, 0.3) is 11.4 Å². The molecule has 0 spiro atoms. The van der Waals surface area contributed by atoms with E-state index < -0.39 is 5.41 Å². The Kier molecular flexibility index (Phi) is 8.84. The Morgan fingerprint density at radius 1 is 0.950 bits per heavy atom. The number of rotatable bonds is 11. The molecule has 2 aromatic carbocycles. The molecule has 1 aromatic heterocycles. The molecule has 2 fully saturated rings. The third-order valence-corrected chi connectivity index (χ3v) is 7.99. The Morgan fingerprint density at radius 3 is 2.35 bits per heavy atom. The third kappa shape index (κ3) is 6.22. The van der Waals surface area contributed by atoms with E-state index in [4.69, 9.17) is 14.2 Å². The van der Waals surface area contributed by atoms with E-state index in [2.05, 4.69) is 26.0 Å². The second-order valence-corrected chi connectivity index (χ2v) is 11.2. The maximum atomic E-state index is 13.5. The molecule has 0 bridgehead atoms. The van der Waals surface area contributed by atoms with Crippen LogP contribution in [-0.2, 0) is 4.79 Å². The minimum absolute atomic E-state index is 0.128. The number of benzene rings is 2. The van der Waals surface area contributed by atoms with Crippen LogP contribution in [0.15, 0.2) is 42.5 Å². The van der Waals surface area contributed by atoms with Gasteiger partial charge in [0.1, 0.15) is 5.75 Å². The van der Waals surface area contributed by atoms with Gasteiger partial charge < -0.3 is 14.2 Å². The number of methoxy groups -OCH3 is 1. The van der Waals surface area contributed by atoms with E-state index in [0.29, 0.717) is 30.5 Å². The number of carbonyl (C=O) groups excluding carboxylic acids is 1. The molecule has 0 radical (unpaired) electrons. The van der Waals surface area contributed by atoms with E-state index in [1.54, 1.807) is 7.11 Å². The van der Waals surface area contributed by atoms with Gasteiger partial charge in [-0.3, -0.25) is 9.80 Å². The molecule has 1 saturated heterocycles. The fraction of sp³-hybridized carbons (Fsp3) is 0.533. The normalized spacial score (nSPS) is 19.4. The highest BCUT2D eigenvalue weighted by Crippen LogP contribution is 2.44. The lowest BCUT2D eigenvalue weighted by atomic mass is 9.81. The molecule has 3 aromatic rings. The van der Waals surface area contributed by atoms with Crippen LogP contribution < -0.4 is 19.6 Å². The zero-order valence-electron chi connectivity index (χ0n) is 23.7. The van der Waals surface area contributed by atoms with Crippen molar-refractivity contribution in [1.82, 2.24) is 31.1 Å². The van der Waals surface area contributed by atoms with Crippen LogP contribution in [0.4, 0.5) is 0 Å². The Morgan fingerprint density at radius 2 is 1.68 bits per heavy atom. The van der Waals surface area contributed by atoms with Gasteiger partial charge in [0.2, 0.25) is 11.7 Å². The number of unbranched alkanes of at least 4 members (excludes halogenated alkanes) is 1. The van der Waals surface area contributed by atoms with Gasteiger partial charge in [-0.05, 0) is 86.7 Å². The summed E-state index contributed by atoms with van der Waals surface area (Å²) >= 11 is 0. The van der Waals surface area contributed by atoms with Crippen molar-refractivity contribution in [1.29, 1.82) is 0 Å². The van der Waals surface area contributed by atoms with Gasteiger partial charge in [0, 0.05) is 11.6 Å². The van der Waals surface area contributed by atoms with E-state index in [-0.39, 0.29) is 18.0 Å². The summed E-state index contributed by atoms with van der Waals surface area (Å²) in [5.74, 6) is 2.90. The number of hydrazine groups is 1. The second kappa shape index (κ2) is 12.7. The maximum Gasteiger partial charge on any atom is 0.244 e. The van der Waals surface area contributed by atoms with Crippen molar-refractivity contribution >= 4 is 5.91 Å². The van der Waals surface area contributed by atoms with Crippen LogP contribution in [0.1, 0.15) is 76.8 Å². The first-order valence-electron chi connectivity index (χ1n) is 14.3. The van der Waals surface area contributed by atoms with E-state index in [1.165, 1.54) is 25.7 Å². The number of hydrogen-bond acceptors (Lipinski definition) is 8. The predicted octanol–water partition coefficient (Wildman–Crippen LogP) is 5.25. The lowest BCUT2D eigenvalue weighted by molar-refractivity contribution is -0.138. The SMILES string of the molecule is COc1ccc(C2NN(C3CCCCCC3)C(=O)C2(C)C)cc1OCCCCOc1ccc(-c2nn[nH]n2)cc1. The second-order valence-electron chi connectivity index (χ2n) is 11.2. The smallest absolute Gasteiger partial charge is 0.244 e. The maximum absolute atomic E-state index is 13.5. The van der Waals surface area contributed by atoms with E-state index >= 15 is 0 Å². The van der Waals surface area contributed by atoms with Gasteiger partial charge >= 0.3 is 0 Å². The van der Waals surface area contributed by atoms with Crippen LogP contribution in [0.2, 0.25) is 0 Å². The van der Waals surface area contributed by atoms with Crippen molar-refractivity contribution in [2.24, 2.45) is 5.41 Å². The molecule has 1 aliphatic heterocycles. The molecule has 1 atom stereocenters. The van der Waals surface area contributed by atoms with Crippen LogP contribution in [0, 0.1) is 5.41 Å². The zero-order chi connectivity index (χ0) is 28.0. The van der Waals surface area contributed by atoms with E-state index in [9.17, 15) is 4.79 Å². The third-order valence-electron chi connectivity index (χ3n) is 7.99. The number of hydrogen-bond donors (Lipinski definition) is 2. The first-order valence-corrected chi connectivity index (χ1v) is 14.3. The molecule has 1 saturated carbocycles. The summed E-state index contributed by atoms with van der Waals surface area (Å²) in [6, 6.07) is 13.7. The fourth-order valence-electron chi connectivity index (χ4n) is 5.62. The Labute approximate surface area is 235 Å². The number of ether oxygens (including phenoxy) is 3. The molecule has 10 heteroatoms. The highest BCUT2D eigenvalue weighted by molar-refractivity contribution is 5.85. The number of tetrazole rings is 1. The number of aromatic nitrogens is 4. The molecule has 1 amide bonds. The molecule has 2 heterocycles. The Balaban J connectivity index is 1.14. The summed E-state index contributed by atoms with van der Waals surface area (Å²) in [5, 5.41) is 15.9. The van der Waals surface area contributed by atoms with Gasteiger partial charge in [-0.2, -0.15) is 5.21 Å². The lowest BCUT2D eigenvalue weighted by Gasteiger charge is -2.27. The van der Waals surface area contributed by atoms with Crippen molar-refractivity contribution in [3.63, 3.8) is 0 Å². The summed E-state index contributed by atoms with van der Waals surface area (Å²) < 4.78 is 17.6. The molecular formula is C30H40N6O4. The highest BCUT2D eigenvalue weighted by Gasteiger charge is 2.49. The number of aromatic amines is 1. The van der Waals surface area contributed by atoms with Gasteiger partial charge in [-0.1, -0.05) is 31.7 Å². The van der Waals surface area contributed by atoms with Crippen molar-refractivity contribution in [2.75, 3.05) is 20.3 Å². The van der Waals surface area contributed by atoms with Crippen LogP contribution in [0.5, 0.6) is 17.2 Å². The van der Waals surface area contributed by atoms with Crippen molar-refractivity contribution in [3.8, 4) is 28.6 Å². The largest absolute Gasteiger partial charge is 0.494 e. The molecule has 1 unspecified atom stereocenters. The predicted molar refractivity (Wildman–Crippen MR) is 151 cm³/mol. The van der Waals surface area contributed by atoms with Crippen molar-refractivity contribution < 1.29 is 19.0 Å². The molecule has 1 aliphatic carbocycles. The Hall–Kier alpha value is -3.66. The first kappa shape index (κ1) is 27.9. The quantitative estimate of drug-likeness (QED) is 0.247. The van der Waals surface area contributed by atoms with Gasteiger partial charge in [0.15, 0.2) is 11.5 Å². The number of amides is 1. The highest BCUT2D eigenvalue weighted by atomic mass is 16.5. The van der Waals surface area contributed by atoms with Gasteiger partial charge in [-0.25, -0.2) is 5.43 Å². The van der Waals surface area contributed by atoms with Gasteiger partial charge in [-0.15, -0.1) is 10.2 Å². The van der Waals surface area contributed by atoms with Crippen LogP contribution in [0.3, 0.4) is 0 Å². The van der Waals surface area contributed by atoms with Gasteiger partial charge in [0.25, 0.3) is 0 Å². The monoisotopic (exact) mass is 548 g/mol. The summed E-state index contributed by atoms with van der Waals surface area (Å²) in [6.07, 6.45) is 8.67. The molecule has 40 heavy (non-hydrogen) atoms. The standard InChI is InChI=1S/C30H40N6O4/c1-30(2)27(33-36(29(30)37)23-10-6-4-5-7-11-23)22-14-17-25(38-3)26(20-22)40-19-9-8-18-39-24-15-12-21(13-16-24)28-31-34-35-32-28/h12-17,20,23,27,33H,4-11,18-19H2,1-3H3,(H,31,32,34,35). The van der Waals surface area contributed by atoms with Crippen molar-refractivity contribution in [2.45, 2.75) is 77.3 Å². The number of nitrogens with one attached hydrogen (secondary N) is 2. The van der Waals surface area contributed by atoms with E-state index in [0.717, 1.165) is 42.6 Å². The lowest BCUT2D eigenvalue weighted by Crippen LogP contribution is -2.44. The topological polar surface area (TPSA) is 114 Å². The van der Waals surface area contributed by atoms with E-state index in [1.807, 2.05) is 61.3 Å². The van der Waals surface area contributed by atoms with Crippen molar-refractivity contribution in [3.05, 3.63) is 48.0 Å². The average molecular weight is 549 g/mol. The average Bonchev–Trinajstić information content (AvgIpc) is 3.48. The summed E-state index contributed by atoms with van der Waals surface area (Å²) in [6.45, 7) is 5.19. The summed E-state index contributed by atoms with van der Waals surface area (Å²) in [7, 11) is 1.65. The minimum atomic E-state index is -0.556. The number of nitrogens with zero attached hydrogens (tertiary/aromatic N) is 4. The fourth-order valence-corrected chi connectivity index (χ4v) is 5.62. The summed E-state index contributed by atoms with van der Waals surface area (Å²) in [4.78, 5) is 13.5. The Bertz CT molecular complexity index is 1240.